The number of pyridine rings is 1. The number of nitrogens with one attached hydrogen (secondary N) is 1. The Labute approximate surface area is 183 Å². The summed E-state index contributed by atoms with van der Waals surface area (Å²) in [6.45, 7) is 2.91. The van der Waals surface area contributed by atoms with Crippen molar-refractivity contribution < 1.29 is 10.0 Å². The van der Waals surface area contributed by atoms with Crippen LogP contribution in [0.25, 0.3) is 10.9 Å². The van der Waals surface area contributed by atoms with Crippen LogP contribution in [0.2, 0.25) is 0 Å². The maximum Gasteiger partial charge on any atom is 0.269 e. The molecule has 0 radical (unpaired) electrons. The molecule has 0 saturated carbocycles. The average molecular weight is 436 g/mol. The number of piperazine rings is 1. The summed E-state index contributed by atoms with van der Waals surface area (Å²) in [7, 11) is 0. The van der Waals surface area contributed by atoms with Crippen LogP contribution in [0.4, 0.5) is 11.4 Å². The summed E-state index contributed by atoms with van der Waals surface area (Å²) < 4.78 is 0. The predicted molar refractivity (Wildman–Crippen MR) is 124 cm³/mol. The zero-order valence-corrected chi connectivity index (χ0v) is 17.3. The summed E-state index contributed by atoms with van der Waals surface area (Å²) >= 11 is 5.44. The van der Waals surface area contributed by atoms with E-state index in [0.717, 1.165) is 24.2 Å². The number of phenols is 1. The maximum atomic E-state index is 10.8. The van der Waals surface area contributed by atoms with Gasteiger partial charge in [-0.25, -0.2) is 4.98 Å². The molecule has 31 heavy (non-hydrogen) atoms. The van der Waals surface area contributed by atoms with Crippen molar-refractivity contribution in [2.24, 2.45) is 5.10 Å². The Morgan fingerprint density at radius 1 is 1.13 bits per heavy atom. The monoisotopic (exact) mass is 436 g/mol. The van der Waals surface area contributed by atoms with Crippen LogP contribution >= 0.6 is 12.2 Å². The van der Waals surface area contributed by atoms with E-state index in [1.54, 1.807) is 30.5 Å². The molecule has 1 aromatic heterocycles. The van der Waals surface area contributed by atoms with Crippen molar-refractivity contribution in [3.8, 4) is 5.75 Å². The maximum absolute atomic E-state index is 10.8. The number of rotatable bonds is 4. The van der Waals surface area contributed by atoms with Crippen molar-refractivity contribution in [2.75, 3.05) is 31.1 Å². The summed E-state index contributed by atoms with van der Waals surface area (Å²) in [5.41, 5.74) is 5.03. The molecule has 2 aromatic carbocycles. The first kappa shape index (κ1) is 20.5. The lowest BCUT2D eigenvalue weighted by Gasteiger charge is -2.36. The van der Waals surface area contributed by atoms with E-state index in [4.69, 9.17) is 12.2 Å². The minimum atomic E-state index is -0.400. The molecule has 1 saturated heterocycles. The van der Waals surface area contributed by atoms with Crippen molar-refractivity contribution in [3.05, 3.63) is 70.4 Å². The van der Waals surface area contributed by atoms with Gasteiger partial charge in [0.2, 0.25) is 0 Å². The van der Waals surface area contributed by atoms with Crippen molar-refractivity contribution in [1.82, 2.24) is 15.3 Å². The quantitative estimate of drug-likeness (QED) is 0.278. The van der Waals surface area contributed by atoms with Gasteiger partial charge in [0.1, 0.15) is 11.3 Å². The molecule has 1 aliphatic rings. The van der Waals surface area contributed by atoms with Gasteiger partial charge in [0.15, 0.2) is 5.11 Å². The average Bonchev–Trinajstić information content (AvgIpc) is 2.80. The number of phenolic OH excluding ortho intramolecular Hbond substituents is 1. The number of hydrogen-bond donors (Lipinski definition) is 2. The first-order valence-corrected chi connectivity index (χ1v) is 10.1. The van der Waals surface area contributed by atoms with Gasteiger partial charge in [-0.2, -0.15) is 5.10 Å². The largest absolute Gasteiger partial charge is 0.506 e. The Morgan fingerprint density at radius 3 is 2.58 bits per heavy atom. The molecule has 10 heteroatoms. The Kier molecular flexibility index (Phi) is 5.89. The van der Waals surface area contributed by atoms with Crippen LogP contribution in [-0.4, -0.2) is 57.4 Å². The fraction of sp³-hybridized carbons (Fsp3) is 0.190. The van der Waals surface area contributed by atoms with Gasteiger partial charge in [0, 0.05) is 49.4 Å². The third-order valence-corrected chi connectivity index (χ3v) is 5.42. The fourth-order valence-corrected chi connectivity index (χ4v) is 3.63. The number of hydrogen-bond acceptors (Lipinski definition) is 7. The number of thiocarbonyl (C=S) groups is 1. The van der Waals surface area contributed by atoms with Crippen molar-refractivity contribution in [2.45, 2.75) is 0 Å². The molecule has 158 valence electrons. The Morgan fingerprint density at radius 2 is 1.87 bits per heavy atom. The number of non-ortho nitro benzene ring substituents is 1. The van der Waals surface area contributed by atoms with E-state index in [1.807, 2.05) is 23.1 Å². The zero-order valence-electron chi connectivity index (χ0n) is 16.5. The summed E-state index contributed by atoms with van der Waals surface area (Å²) in [6.07, 6.45) is 1.56. The fourth-order valence-electron chi connectivity index (χ4n) is 3.40. The van der Waals surface area contributed by atoms with Crippen LogP contribution in [0, 0.1) is 10.1 Å². The summed E-state index contributed by atoms with van der Waals surface area (Å²) in [5, 5.41) is 26.3. The number of anilines is 1. The minimum absolute atomic E-state index is 0.0849. The standard InChI is InChI=1S/C21H20N6O3S/c28-19-3-1-2-15-4-5-16(23-20(15)19)14-22-24-21(31)26-12-10-25(11-13-26)17-6-8-18(9-7-17)27(29)30/h1-9,14,28H,10-13H2,(H,24,31)/b22-14-. The highest BCUT2D eigenvalue weighted by molar-refractivity contribution is 7.80. The highest BCUT2D eigenvalue weighted by Crippen LogP contribution is 2.22. The summed E-state index contributed by atoms with van der Waals surface area (Å²) in [5.74, 6) is 0.127. The molecule has 2 heterocycles. The number of benzene rings is 2. The Hall–Kier alpha value is -3.79. The molecule has 1 aliphatic heterocycles. The smallest absolute Gasteiger partial charge is 0.269 e. The number of aromatic hydroxyl groups is 1. The van der Waals surface area contributed by atoms with Crippen molar-refractivity contribution in [3.63, 3.8) is 0 Å². The van der Waals surface area contributed by atoms with Crippen LogP contribution in [0.15, 0.2) is 59.7 Å². The van der Waals surface area contributed by atoms with Gasteiger partial charge in [-0.15, -0.1) is 0 Å². The van der Waals surface area contributed by atoms with Crippen molar-refractivity contribution >= 4 is 45.8 Å². The zero-order chi connectivity index (χ0) is 21.8. The van der Waals surface area contributed by atoms with Crippen LogP contribution in [0.5, 0.6) is 5.75 Å². The number of hydrazone groups is 1. The third-order valence-electron chi connectivity index (χ3n) is 5.07. The lowest BCUT2D eigenvalue weighted by Crippen LogP contribution is -2.51. The first-order valence-electron chi connectivity index (χ1n) is 9.67. The highest BCUT2D eigenvalue weighted by Gasteiger charge is 2.19. The minimum Gasteiger partial charge on any atom is -0.506 e. The lowest BCUT2D eigenvalue weighted by atomic mass is 10.2. The van der Waals surface area contributed by atoms with Gasteiger partial charge in [0.05, 0.1) is 16.8 Å². The topological polar surface area (TPSA) is 107 Å². The molecule has 0 aliphatic carbocycles. The predicted octanol–water partition coefficient (Wildman–Crippen LogP) is 2.88. The van der Waals surface area contributed by atoms with Crippen LogP contribution < -0.4 is 10.3 Å². The van der Waals surface area contributed by atoms with E-state index in [2.05, 4.69) is 20.4 Å². The number of fused-ring (bicyclic) bond motifs is 1. The lowest BCUT2D eigenvalue weighted by molar-refractivity contribution is -0.384. The molecule has 0 unspecified atom stereocenters. The molecular formula is C21H20N6O3S. The summed E-state index contributed by atoms with van der Waals surface area (Å²) in [6, 6.07) is 15.5. The van der Waals surface area contributed by atoms with E-state index >= 15 is 0 Å². The van der Waals surface area contributed by atoms with Gasteiger partial charge >= 0.3 is 0 Å². The van der Waals surface area contributed by atoms with Crippen LogP contribution in [-0.2, 0) is 0 Å². The molecule has 1 fully saturated rings. The van der Waals surface area contributed by atoms with Gasteiger partial charge < -0.3 is 14.9 Å². The molecular weight excluding hydrogens is 416 g/mol. The normalized spacial score (nSPS) is 14.2. The molecule has 0 bridgehead atoms. The van der Waals surface area contributed by atoms with Gasteiger partial charge in [0.25, 0.3) is 5.69 Å². The molecule has 2 N–H and O–H groups in total. The molecule has 0 spiro atoms. The highest BCUT2D eigenvalue weighted by atomic mass is 32.1. The van der Waals surface area contributed by atoms with E-state index < -0.39 is 4.92 Å². The number of aromatic nitrogens is 1. The van der Waals surface area contributed by atoms with Crippen LogP contribution in [0.3, 0.4) is 0 Å². The SMILES string of the molecule is O=[N+]([O-])c1ccc(N2CCN(C(=S)N/N=C\c3ccc4cccc(O)c4n3)CC2)cc1. The van der Waals surface area contributed by atoms with Crippen LogP contribution in [0.1, 0.15) is 5.69 Å². The molecule has 4 rings (SSSR count). The van der Waals surface area contributed by atoms with E-state index in [1.165, 1.54) is 12.1 Å². The Bertz CT molecular complexity index is 1140. The second-order valence-electron chi connectivity index (χ2n) is 7.01. The Balaban J connectivity index is 1.31. The van der Waals surface area contributed by atoms with E-state index in [0.29, 0.717) is 29.4 Å². The second kappa shape index (κ2) is 8.92. The second-order valence-corrected chi connectivity index (χ2v) is 7.39. The number of nitrogens with zero attached hydrogens (tertiary/aromatic N) is 5. The molecule has 0 amide bonds. The molecule has 3 aromatic rings. The van der Waals surface area contributed by atoms with E-state index in [-0.39, 0.29) is 11.4 Å². The van der Waals surface area contributed by atoms with Gasteiger partial charge in [-0.3, -0.25) is 15.5 Å². The van der Waals surface area contributed by atoms with Gasteiger partial charge in [-0.1, -0.05) is 18.2 Å². The first-order chi connectivity index (χ1) is 15.0. The summed E-state index contributed by atoms with van der Waals surface area (Å²) in [4.78, 5) is 19.0. The van der Waals surface area contributed by atoms with Gasteiger partial charge in [-0.05, 0) is 36.5 Å². The third kappa shape index (κ3) is 4.69. The van der Waals surface area contributed by atoms with E-state index in [9.17, 15) is 15.2 Å². The van der Waals surface area contributed by atoms with Crippen molar-refractivity contribution in [1.29, 1.82) is 0 Å². The number of nitro groups is 1. The molecule has 0 atom stereocenters. The molecule has 9 nitrogen and oxygen atoms in total. The number of nitro benzene ring substituents is 1. The number of para-hydroxylation sites is 1.